The van der Waals surface area contributed by atoms with Crippen LogP contribution in [-0.2, 0) is 6.54 Å². The minimum absolute atomic E-state index is 0.603. The summed E-state index contributed by atoms with van der Waals surface area (Å²) in [5, 5.41) is 0.743. The van der Waals surface area contributed by atoms with Gasteiger partial charge < -0.3 is 9.55 Å². The summed E-state index contributed by atoms with van der Waals surface area (Å²) in [5.41, 5.74) is 2.18. The minimum Gasteiger partial charge on any atom is -0.331 e. The number of fused-ring (bicyclic) bond motifs is 1. The van der Waals surface area contributed by atoms with Crippen LogP contribution in [0.25, 0.3) is 11.0 Å². The van der Waals surface area contributed by atoms with E-state index in [0.29, 0.717) is 6.04 Å². The number of nitrogens with zero attached hydrogens (tertiary/aromatic N) is 2. The summed E-state index contributed by atoms with van der Waals surface area (Å²) in [5.74, 6) is 0. The Bertz CT molecular complexity index is 646. The summed E-state index contributed by atoms with van der Waals surface area (Å²) in [4.78, 5) is 5.79. The predicted octanol–water partition coefficient (Wildman–Crippen LogP) is 3.84. The van der Waals surface area contributed by atoms with Gasteiger partial charge in [-0.2, -0.15) is 0 Å². The zero-order valence-electron chi connectivity index (χ0n) is 11.0. The zero-order chi connectivity index (χ0) is 13.4. The number of halogens is 1. The van der Waals surface area contributed by atoms with Crippen LogP contribution in [0.15, 0.2) is 18.2 Å². The lowest BCUT2D eigenvalue weighted by Gasteiger charge is -2.23. The fourth-order valence-electron chi connectivity index (χ4n) is 3.05. The topological polar surface area (TPSA) is 24.0 Å². The van der Waals surface area contributed by atoms with Gasteiger partial charge in [-0.3, -0.25) is 4.90 Å². The Kier molecular flexibility index (Phi) is 3.65. The van der Waals surface area contributed by atoms with Gasteiger partial charge in [0.25, 0.3) is 0 Å². The van der Waals surface area contributed by atoms with E-state index in [0.717, 1.165) is 33.9 Å². The predicted molar refractivity (Wildman–Crippen MR) is 82.4 cm³/mol. The molecule has 3 rings (SSSR count). The number of H-pyrrole nitrogens is 1. The molecule has 1 atom stereocenters. The highest BCUT2D eigenvalue weighted by molar-refractivity contribution is 7.71. The Balaban J connectivity index is 1.96. The van der Waals surface area contributed by atoms with E-state index in [9.17, 15) is 0 Å². The fourth-order valence-corrected chi connectivity index (χ4v) is 3.50. The van der Waals surface area contributed by atoms with Gasteiger partial charge in [0, 0.05) is 17.6 Å². The molecule has 0 aliphatic carbocycles. The number of hydrogen-bond acceptors (Lipinski definition) is 2. The molecule has 0 amide bonds. The van der Waals surface area contributed by atoms with Crippen LogP contribution in [0, 0.1) is 4.77 Å². The van der Waals surface area contributed by atoms with E-state index in [4.69, 9.17) is 23.8 Å². The molecule has 1 aromatic carbocycles. The first-order valence-electron chi connectivity index (χ1n) is 6.81. The molecular formula is C14H18ClN3S. The number of aromatic amines is 1. The molecule has 0 saturated carbocycles. The summed E-state index contributed by atoms with van der Waals surface area (Å²) in [6.07, 6.45) is 2.55. The summed E-state index contributed by atoms with van der Waals surface area (Å²) in [6.45, 7) is 5.52. The molecule has 3 nitrogen and oxygen atoms in total. The molecule has 19 heavy (non-hydrogen) atoms. The van der Waals surface area contributed by atoms with Crippen molar-refractivity contribution in [1.82, 2.24) is 14.5 Å². The van der Waals surface area contributed by atoms with Crippen molar-refractivity contribution in [2.75, 3.05) is 13.1 Å². The van der Waals surface area contributed by atoms with Crippen molar-refractivity contribution in [3.8, 4) is 0 Å². The molecule has 102 valence electrons. The van der Waals surface area contributed by atoms with Crippen LogP contribution in [0.1, 0.15) is 19.8 Å². The smallest absolute Gasteiger partial charge is 0.178 e. The maximum atomic E-state index is 6.02. The Morgan fingerprint density at radius 2 is 2.32 bits per heavy atom. The Hall–Kier alpha value is -0.840. The first-order chi connectivity index (χ1) is 9.19. The highest BCUT2D eigenvalue weighted by Gasteiger charge is 2.24. The van der Waals surface area contributed by atoms with Crippen molar-refractivity contribution >= 4 is 34.9 Å². The van der Waals surface area contributed by atoms with Crippen LogP contribution in [-0.4, -0.2) is 33.6 Å². The van der Waals surface area contributed by atoms with Gasteiger partial charge >= 0.3 is 0 Å². The van der Waals surface area contributed by atoms with E-state index in [-0.39, 0.29) is 0 Å². The molecule has 1 aromatic heterocycles. The van der Waals surface area contributed by atoms with Crippen molar-refractivity contribution in [2.24, 2.45) is 0 Å². The molecule has 1 aliphatic rings. The zero-order valence-corrected chi connectivity index (χ0v) is 12.6. The van der Waals surface area contributed by atoms with Gasteiger partial charge in [-0.15, -0.1) is 0 Å². The first kappa shape index (κ1) is 13.2. The molecule has 1 saturated heterocycles. The number of likely N-dealkylation sites (N-methyl/N-ethyl adjacent to an activating group) is 1. The summed E-state index contributed by atoms with van der Waals surface area (Å²) < 4.78 is 3.00. The van der Waals surface area contributed by atoms with Gasteiger partial charge in [-0.05, 0) is 56.3 Å². The van der Waals surface area contributed by atoms with Crippen LogP contribution in [0.2, 0.25) is 5.02 Å². The molecule has 1 fully saturated rings. The molecule has 5 heteroatoms. The monoisotopic (exact) mass is 295 g/mol. The molecule has 0 bridgehead atoms. The van der Waals surface area contributed by atoms with Crippen LogP contribution in [0.4, 0.5) is 0 Å². The van der Waals surface area contributed by atoms with Crippen LogP contribution in [0.5, 0.6) is 0 Å². The second kappa shape index (κ2) is 5.27. The number of benzene rings is 1. The van der Waals surface area contributed by atoms with E-state index in [1.807, 2.05) is 12.1 Å². The molecule has 2 aromatic rings. The quantitative estimate of drug-likeness (QED) is 0.870. The van der Waals surface area contributed by atoms with Gasteiger partial charge in [0.15, 0.2) is 4.77 Å². The number of nitrogens with one attached hydrogen (secondary N) is 1. The average molecular weight is 296 g/mol. The number of imidazole rings is 1. The Morgan fingerprint density at radius 3 is 3.11 bits per heavy atom. The molecule has 1 unspecified atom stereocenters. The lowest BCUT2D eigenvalue weighted by molar-refractivity contribution is 0.245. The lowest BCUT2D eigenvalue weighted by atomic mass is 10.2. The van der Waals surface area contributed by atoms with Gasteiger partial charge in [0.1, 0.15) is 0 Å². The van der Waals surface area contributed by atoms with E-state index in [1.165, 1.54) is 19.4 Å². The molecule has 1 aliphatic heterocycles. The van der Waals surface area contributed by atoms with Crippen molar-refractivity contribution in [3.63, 3.8) is 0 Å². The van der Waals surface area contributed by atoms with Crippen molar-refractivity contribution < 1.29 is 0 Å². The van der Waals surface area contributed by atoms with Gasteiger partial charge in [-0.25, -0.2) is 0 Å². The van der Waals surface area contributed by atoms with Crippen molar-refractivity contribution in [1.29, 1.82) is 0 Å². The second-order valence-electron chi connectivity index (χ2n) is 5.13. The minimum atomic E-state index is 0.603. The van der Waals surface area contributed by atoms with Gasteiger partial charge in [-0.1, -0.05) is 18.5 Å². The normalized spacial score (nSPS) is 20.4. The number of hydrogen-bond donors (Lipinski definition) is 1. The molecule has 2 heterocycles. The summed E-state index contributed by atoms with van der Waals surface area (Å²) in [7, 11) is 0. The first-order valence-corrected chi connectivity index (χ1v) is 7.60. The van der Waals surface area contributed by atoms with Crippen LogP contribution >= 0.6 is 23.8 Å². The third-order valence-electron chi connectivity index (χ3n) is 4.03. The SMILES string of the molecule is CCN1CCCC1Cn1c(=S)[nH]c2cc(Cl)ccc21. The Morgan fingerprint density at radius 1 is 1.47 bits per heavy atom. The van der Waals surface area contributed by atoms with Crippen LogP contribution in [0.3, 0.4) is 0 Å². The maximum absolute atomic E-state index is 6.02. The van der Waals surface area contributed by atoms with E-state index in [1.54, 1.807) is 0 Å². The number of rotatable bonds is 3. The third kappa shape index (κ3) is 2.45. The van der Waals surface area contributed by atoms with E-state index in [2.05, 4.69) is 27.4 Å². The van der Waals surface area contributed by atoms with Crippen LogP contribution < -0.4 is 0 Å². The molecule has 1 N–H and O–H groups in total. The number of aromatic nitrogens is 2. The molecular weight excluding hydrogens is 278 g/mol. The third-order valence-corrected chi connectivity index (χ3v) is 4.59. The molecule has 0 spiro atoms. The average Bonchev–Trinajstić information content (AvgIpc) is 2.95. The maximum Gasteiger partial charge on any atom is 0.178 e. The largest absolute Gasteiger partial charge is 0.331 e. The van der Waals surface area contributed by atoms with E-state index < -0.39 is 0 Å². The highest BCUT2D eigenvalue weighted by atomic mass is 35.5. The summed E-state index contributed by atoms with van der Waals surface area (Å²) in [6, 6.07) is 6.52. The Labute approximate surface area is 123 Å². The van der Waals surface area contributed by atoms with Gasteiger partial charge in [0.05, 0.1) is 11.0 Å². The highest BCUT2D eigenvalue weighted by Crippen LogP contribution is 2.23. The number of likely N-dealkylation sites (tertiary alicyclic amines) is 1. The van der Waals surface area contributed by atoms with Crippen molar-refractivity contribution in [2.45, 2.75) is 32.4 Å². The summed E-state index contributed by atoms with van der Waals surface area (Å²) >= 11 is 11.5. The standard InChI is InChI=1S/C14H18ClN3S/c1-2-17-7-3-4-11(17)9-18-13-6-5-10(15)8-12(13)16-14(18)19/h5-6,8,11H,2-4,7,9H2,1H3,(H,16,19). The van der Waals surface area contributed by atoms with Crippen molar-refractivity contribution in [3.05, 3.63) is 28.0 Å². The van der Waals surface area contributed by atoms with E-state index >= 15 is 0 Å². The lowest BCUT2D eigenvalue weighted by Crippen LogP contribution is -2.32. The fraction of sp³-hybridized carbons (Fsp3) is 0.500. The second-order valence-corrected chi connectivity index (χ2v) is 5.95. The molecule has 0 radical (unpaired) electrons. The van der Waals surface area contributed by atoms with Gasteiger partial charge in [0.2, 0.25) is 0 Å².